The zero-order valence-corrected chi connectivity index (χ0v) is 16.5. The monoisotopic (exact) mass is 377 g/mol. The van der Waals surface area contributed by atoms with Gasteiger partial charge in [0.25, 0.3) is 0 Å². The van der Waals surface area contributed by atoms with Gasteiger partial charge in [-0.05, 0) is 44.9 Å². The van der Waals surface area contributed by atoms with E-state index in [1.807, 2.05) is 43.0 Å². The van der Waals surface area contributed by atoms with Crippen LogP contribution in [0.25, 0.3) is 0 Å². The maximum atomic E-state index is 4.71. The molecule has 0 spiro atoms. The summed E-state index contributed by atoms with van der Waals surface area (Å²) in [5.74, 6) is 3.14. The first-order valence-electron chi connectivity index (χ1n) is 9.94. The van der Waals surface area contributed by atoms with Crippen molar-refractivity contribution >= 4 is 11.8 Å². The first-order valence-corrected chi connectivity index (χ1v) is 9.94. The fraction of sp³-hybridized carbons (Fsp3) is 0.429. The third-order valence-electron chi connectivity index (χ3n) is 4.95. The first-order chi connectivity index (χ1) is 13.7. The van der Waals surface area contributed by atoms with E-state index in [4.69, 9.17) is 4.98 Å². The molecule has 0 radical (unpaired) electrons. The van der Waals surface area contributed by atoms with Crippen LogP contribution >= 0.6 is 0 Å². The van der Waals surface area contributed by atoms with Crippen molar-refractivity contribution < 1.29 is 0 Å². The minimum atomic E-state index is 0.343. The van der Waals surface area contributed by atoms with Crippen molar-refractivity contribution in [2.45, 2.75) is 45.2 Å². The number of hydrogen-bond acceptors (Lipinski definition) is 6. The third kappa shape index (κ3) is 4.30. The van der Waals surface area contributed by atoms with Crippen molar-refractivity contribution in [1.82, 2.24) is 24.5 Å². The standard InChI is InChI=1S/C21H27N7/c1-16(2)25-19-8-10-24-21(26-19)28-12-5-6-17(14-28)20-23-11-13-27(20)15-18-7-3-4-9-22-18/h3-4,7-11,13,16-17H,5-6,12,14-15H2,1-2H3,(H,24,25,26). The van der Waals surface area contributed by atoms with Gasteiger partial charge in [-0.1, -0.05) is 6.07 Å². The normalized spacial score (nSPS) is 17.1. The Labute approximate surface area is 165 Å². The first kappa shape index (κ1) is 18.4. The number of hydrogen-bond donors (Lipinski definition) is 1. The topological polar surface area (TPSA) is 71.8 Å². The van der Waals surface area contributed by atoms with Crippen LogP contribution in [-0.4, -0.2) is 43.6 Å². The van der Waals surface area contributed by atoms with Crippen LogP contribution in [0.3, 0.4) is 0 Å². The maximum absolute atomic E-state index is 4.71. The summed E-state index contributed by atoms with van der Waals surface area (Å²) in [6.45, 7) is 6.82. The van der Waals surface area contributed by atoms with Crippen molar-refractivity contribution in [3.63, 3.8) is 0 Å². The molecule has 4 rings (SSSR count). The molecule has 7 heteroatoms. The molecule has 0 aliphatic carbocycles. The second-order valence-electron chi connectivity index (χ2n) is 7.56. The summed E-state index contributed by atoms with van der Waals surface area (Å²) in [4.78, 5) is 20.6. The molecule has 28 heavy (non-hydrogen) atoms. The van der Waals surface area contributed by atoms with Gasteiger partial charge in [0.05, 0.1) is 12.2 Å². The van der Waals surface area contributed by atoms with E-state index in [0.29, 0.717) is 12.0 Å². The predicted molar refractivity (Wildman–Crippen MR) is 111 cm³/mol. The molecule has 1 aliphatic rings. The Morgan fingerprint density at radius 2 is 2.04 bits per heavy atom. The van der Waals surface area contributed by atoms with Gasteiger partial charge in [-0.2, -0.15) is 4.98 Å². The molecule has 0 saturated carbocycles. The number of nitrogens with one attached hydrogen (secondary N) is 1. The smallest absolute Gasteiger partial charge is 0.227 e. The van der Waals surface area contributed by atoms with E-state index in [0.717, 1.165) is 55.8 Å². The van der Waals surface area contributed by atoms with Gasteiger partial charge in [-0.15, -0.1) is 0 Å². The second-order valence-corrected chi connectivity index (χ2v) is 7.56. The SMILES string of the molecule is CC(C)Nc1ccnc(N2CCCC(c3nccn3Cc3ccccn3)C2)n1. The molecule has 4 heterocycles. The number of imidazole rings is 1. The van der Waals surface area contributed by atoms with Crippen LogP contribution in [0.1, 0.15) is 44.1 Å². The van der Waals surface area contributed by atoms with E-state index in [1.54, 1.807) is 0 Å². The molecule has 0 aromatic carbocycles. The molecule has 1 atom stereocenters. The molecule has 7 nitrogen and oxygen atoms in total. The van der Waals surface area contributed by atoms with Gasteiger partial charge in [0.15, 0.2) is 0 Å². The van der Waals surface area contributed by atoms with Gasteiger partial charge in [0.1, 0.15) is 11.6 Å². The van der Waals surface area contributed by atoms with E-state index in [9.17, 15) is 0 Å². The molecule has 1 N–H and O–H groups in total. The number of anilines is 2. The molecule has 0 bridgehead atoms. The molecule has 1 unspecified atom stereocenters. The summed E-state index contributed by atoms with van der Waals surface area (Å²) in [7, 11) is 0. The maximum Gasteiger partial charge on any atom is 0.227 e. The van der Waals surface area contributed by atoms with E-state index in [2.05, 4.69) is 49.6 Å². The molecular formula is C21H27N7. The molecule has 1 saturated heterocycles. The minimum absolute atomic E-state index is 0.343. The van der Waals surface area contributed by atoms with Crippen molar-refractivity contribution in [3.8, 4) is 0 Å². The lowest BCUT2D eigenvalue weighted by Crippen LogP contribution is -2.36. The van der Waals surface area contributed by atoms with Gasteiger partial charge in [-0.3, -0.25) is 4.98 Å². The zero-order chi connectivity index (χ0) is 19.3. The number of rotatable bonds is 6. The third-order valence-corrected chi connectivity index (χ3v) is 4.95. The van der Waals surface area contributed by atoms with Crippen LogP contribution in [0.4, 0.5) is 11.8 Å². The van der Waals surface area contributed by atoms with Gasteiger partial charge in [0.2, 0.25) is 5.95 Å². The highest BCUT2D eigenvalue weighted by atomic mass is 15.3. The molecule has 1 fully saturated rings. The van der Waals surface area contributed by atoms with Gasteiger partial charge >= 0.3 is 0 Å². The Hall–Kier alpha value is -2.96. The lowest BCUT2D eigenvalue weighted by atomic mass is 9.97. The fourth-order valence-corrected chi connectivity index (χ4v) is 3.73. The largest absolute Gasteiger partial charge is 0.368 e. The summed E-state index contributed by atoms with van der Waals surface area (Å²) in [6, 6.07) is 8.29. The Morgan fingerprint density at radius 1 is 1.11 bits per heavy atom. The molecule has 3 aromatic rings. The minimum Gasteiger partial charge on any atom is -0.368 e. The highest BCUT2D eigenvalue weighted by Crippen LogP contribution is 2.28. The Morgan fingerprint density at radius 3 is 2.86 bits per heavy atom. The molecular weight excluding hydrogens is 350 g/mol. The van der Waals surface area contributed by atoms with E-state index in [-0.39, 0.29) is 0 Å². The fourth-order valence-electron chi connectivity index (χ4n) is 3.73. The van der Waals surface area contributed by atoms with Crippen LogP contribution < -0.4 is 10.2 Å². The Balaban J connectivity index is 1.50. The molecule has 1 aliphatic heterocycles. The molecule has 0 amide bonds. The van der Waals surface area contributed by atoms with Crippen LogP contribution in [0.5, 0.6) is 0 Å². The van der Waals surface area contributed by atoms with Gasteiger partial charge in [0, 0.05) is 49.8 Å². The summed E-state index contributed by atoms with van der Waals surface area (Å²) in [5.41, 5.74) is 1.05. The number of nitrogens with zero attached hydrogens (tertiary/aromatic N) is 6. The van der Waals surface area contributed by atoms with E-state index >= 15 is 0 Å². The summed E-state index contributed by atoms with van der Waals surface area (Å²) >= 11 is 0. The summed E-state index contributed by atoms with van der Waals surface area (Å²) < 4.78 is 2.22. The van der Waals surface area contributed by atoms with Crippen LogP contribution in [0.15, 0.2) is 49.1 Å². The summed E-state index contributed by atoms with van der Waals surface area (Å²) in [6.07, 6.45) is 9.84. The second kappa shape index (κ2) is 8.37. The molecule has 146 valence electrons. The van der Waals surface area contributed by atoms with Crippen molar-refractivity contribution in [2.75, 3.05) is 23.3 Å². The van der Waals surface area contributed by atoms with E-state index < -0.39 is 0 Å². The van der Waals surface area contributed by atoms with Crippen LogP contribution in [0.2, 0.25) is 0 Å². The highest BCUT2D eigenvalue weighted by Gasteiger charge is 2.26. The van der Waals surface area contributed by atoms with E-state index in [1.165, 1.54) is 0 Å². The van der Waals surface area contributed by atoms with Crippen LogP contribution in [0, 0.1) is 0 Å². The highest BCUT2D eigenvalue weighted by molar-refractivity contribution is 5.42. The average Bonchev–Trinajstić information content (AvgIpc) is 3.17. The van der Waals surface area contributed by atoms with Crippen molar-refractivity contribution in [1.29, 1.82) is 0 Å². The van der Waals surface area contributed by atoms with Gasteiger partial charge < -0.3 is 14.8 Å². The number of aromatic nitrogens is 5. The van der Waals surface area contributed by atoms with Crippen molar-refractivity contribution in [2.24, 2.45) is 0 Å². The predicted octanol–water partition coefficient (Wildman–Crippen LogP) is 3.32. The lowest BCUT2D eigenvalue weighted by Gasteiger charge is -2.32. The number of pyridine rings is 1. The Kier molecular flexibility index (Phi) is 5.50. The number of piperidine rings is 1. The lowest BCUT2D eigenvalue weighted by molar-refractivity contribution is 0.471. The van der Waals surface area contributed by atoms with Crippen molar-refractivity contribution in [3.05, 3.63) is 60.6 Å². The van der Waals surface area contributed by atoms with Crippen LogP contribution in [-0.2, 0) is 6.54 Å². The zero-order valence-electron chi connectivity index (χ0n) is 16.5. The van der Waals surface area contributed by atoms with Gasteiger partial charge in [-0.25, -0.2) is 9.97 Å². The average molecular weight is 377 g/mol. The quantitative estimate of drug-likeness (QED) is 0.710. The molecule has 3 aromatic heterocycles. The Bertz CT molecular complexity index is 891. The summed E-state index contributed by atoms with van der Waals surface area (Å²) in [5, 5.41) is 3.36.